The number of hydrogen-bond acceptors (Lipinski definition) is 5. The van der Waals surface area contributed by atoms with Crippen LogP contribution in [0, 0.1) is 5.92 Å². The summed E-state index contributed by atoms with van der Waals surface area (Å²) in [5.74, 6) is -1.59. The van der Waals surface area contributed by atoms with Crippen LogP contribution in [0.3, 0.4) is 0 Å². The summed E-state index contributed by atoms with van der Waals surface area (Å²) < 4.78 is 0. The van der Waals surface area contributed by atoms with Crippen molar-refractivity contribution < 1.29 is 24.9 Å². The zero-order valence-corrected chi connectivity index (χ0v) is 11.6. The summed E-state index contributed by atoms with van der Waals surface area (Å²) in [5.41, 5.74) is 0.0116. The molecule has 2 aliphatic rings. The summed E-state index contributed by atoms with van der Waals surface area (Å²) >= 11 is 1.27. The number of aliphatic hydroxyl groups excluding tert-OH is 2. The van der Waals surface area contributed by atoms with Gasteiger partial charge in [-0.15, -0.1) is 11.8 Å². The number of carbonyl (C=O) groups is 2. The van der Waals surface area contributed by atoms with E-state index in [4.69, 9.17) is 0 Å². The quantitative estimate of drug-likeness (QED) is 0.461. The van der Waals surface area contributed by atoms with Crippen LogP contribution in [0.2, 0.25) is 0 Å². The molecule has 1 saturated heterocycles. The van der Waals surface area contributed by atoms with Gasteiger partial charge >= 0.3 is 24.8 Å². The van der Waals surface area contributed by atoms with Crippen LogP contribution < -0.4 is 0 Å². The Morgan fingerprint density at radius 3 is 2.50 bits per heavy atom. The van der Waals surface area contributed by atoms with E-state index in [2.05, 4.69) is 0 Å². The van der Waals surface area contributed by atoms with Crippen molar-refractivity contribution in [2.75, 3.05) is 5.75 Å². The number of carbonyl (C=O) groups excluding carboxylic acids is 1. The van der Waals surface area contributed by atoms with Crippen LogP contribution in [-0.2, 0) is 9.59 Å². The van der Waals surface area contributed by atoms with E-state index in [9.17, 15) is 24.9 Å². The molecule has 4 atom stereocenters. The molecule has 6 nitrogen and oxygen atoms in total. The van der Waals surface area contributed by atoms with Gasteiger partial charge in [0, 0.05) is 17.1 Å². The molecule has 0 aromatic rings. The standard InChI is InChI=1S/C12H17NO5S.Li.H/c1-5(14)4-19-8-3-7-9(6(2)15)11(16)13(7)10(8)12(17)18;;/h5-7,9,14-15H,3-4H2,1-2H3,(H,17,18);;. The van der Waals surface area contributed by atoms with Gasteiger partial charge in [0.05, 0.1) is 24.2 Å². The summed E-state index contributed by atoms with van der Waals surface area (Å²) in [4.78, 5) is 25.0. The zero-order chi connectivity index (χ0) is 14.3. The molecule has 3 N–H and O–H groups in total. The molecule has 20 heavy (non-hydrogen) atoms. The van der Waals surface area contributed by atoms with Crippen LogP contribution in [0.4, 0.5) is 0 Å². The Morgan fingerprint density at radius 2 is 2.05 bits per heavy atom. The second-order valence-electron chi connectivity index (χ2n) is 4.98. The van der Waals surface area contributed by atoms with E-state index in [-0.39, 0.29) is 36.5 Å². The fourth-order valence-electron chi connectivity index (χ4n) is 2.58. The zero-order valence-electron chi connectivity index (χ0n) is 10.7. The first-order valence-corrected chi connectivity index (χ1v) is 7.11. The maximum absolute atomic E-state index is 11.9. The summed E-state index contributed by atoms with van der Waals surface area (Å²) in [7, 11) is 0. The van der Waals surface area contributed by atoms with E-state index >= 15 is 0 Å². The maximum atomic E-state index is 11.9. The van der Waals surface area contributed by atoms with Gasteiger partial charge in [-0.3, -0.25) is 4.79 Å². The van der Waals surface area contributed by atoms with Gasteiger partial charge in [0.2, 0.25) is 5.91 Å². The first-order valence-electron chi connectivity index (χ1n) is 6.13. The topological polar surface area (TPSA) is 98.1 Å². The number of carboxylic acids is 1. The van der Waals surface area contributed by atoms with E-state index in [1.165, 1.54) is 16.7 Å². The predicted molar refractivity (Wildman–Crippen MR) is 76.4 cm³/mol. The van der Waals surface area contributed by atoms with Gasteiger partial charge in [0.1, 0.15) is 5.70 Å². The second kappa shape index (κ2) is 6.54. The van der Waals surface area contributed by atoms with Crippen molar-refractivity contribution in [3.05, 3.63) is 10.6 Å². The van der Waals surface area contributed by atoms with Crippen LogP contribution in [0.1, 0.15) is 20.3 Å². The van der Waals surface area contributed by atoms with Crippen molar-refractivity contribution in [3.63, 3.8) is 0 Å². The van der Waals surface area contributed by atoms with E-state index < -0.39 is 24.1 Å². The minimum atomic E-state index is -1.13. The fraction of sp³-hybridized carbons (Fsp3) is 0.667. The normalized spacial score (nSPS) is 27.6. The molecule has 1 amide bonds. The molecule has 0 bridgehead atoms. The molecule has 2 rings (SSSR count). The van der Waals surface area contributed by atoms with Gasteiger partial charge in [-0.1, -0.05) is 0 Å². The number of carboxylic acid groups (broad SMARTS) is 1. The molecule has 0 aliphatic carbocycles. The number of rotatable bonds is 5. The van der Waals surface area contributed by atoms with E-state index in [1.54, 1.807) is 13.8 Å². The first kappa shape index (κ1) is 17.6. The Hall–Kier alpha value is -0.453. The second-order valence-corrected chi connectivity index (χ2v) is 6.10. The minimum absolute atomic E-state index is 0. The average Bonchev–Trinajstić information content (AvgIpc) is 2.60. The van der Waals surface area contributed by atoms with Crippen LogP contribution >= 0.6 is 11.8 Å². The summed E-state index contributed by atoms with van der Waals surface area (Å²) in [5, 5.41) is 28.0. The molecule has 0 aromatic carbocycles. The monoisotopic (exact) mass is 295 g/mol. The molecule has 2 aliphatic heterocycles. The number of β-lactam (4-membered cyclic amide) rings is 1. The van der Waals surface area contributed by atoms with Crippen LogP contribution in [0.5, 0.6) is 0 Å². The fourth-order valence-corrected chi connectivity index (χ4v) is 3.63. The Morgan fingerprint density at radius 1 is 1.45 bits per heavy atom. The summed E-state index contributed by atoms with van der Waals surface area (Å²) in [6, 6.07) is -0.255. The molecule has 0 radical (unpaired) electrons. The number of nitrogens with zero attached hydrogens (tertiary/aromatic N) is 1. The molecule has 0 spiro atoms. The van der Waals surface area contributed by atoms with Gasteiger partial charge in [0.25, 0.3) is 0 Å². The van der Waals surface area contributed by atoms with Crippen molar-refractivity contribution in [2.24, 2.45) is 5.92 Å². The number of aliphatic carboxylic acids is 1. The first-order chi connectivity index (χ1) is 8.84. The van der Waals surface area contributed by atoms with Crippen LogP contribution in [0.15, 0.2) is 10.6 Å². The van der Waals surface area contributed by atoms with Gasteiger partial charge in [-0.2, -0.15) is 0 Å². The summed E-state index contributed by atoms with van der Waals surface area (Å²) in [6.45, 7) is 3.17. The molecule has 0 saturated carbocycles. The number of aliphatic hydroxyl groups is 2. The molecule has 4 unspecified atom stereocenters. The SMILES string of the molecule is CC(O)CSC1=C(C(=O)O)N2C(=O)C(C(C)O)C2C1.[LiH]. The third-order valence-electron chi connectivity index (χ3n) is 3.39. The van der Waals surface area contributed by atoms with Crippen molar-refractivity contribution in [2.45, 2.75) is 38.5 Å². The van der Waals surface area contributed by atoms with Crippen molar-refractivity contribution in [3.8, 4) is 0 Å². The molecule has 1 fully saturated rings. The Balaban J connectivity index is 0.00000200. The van der Waals surface area contributed by atoms with Crippen molar-refractivity contribution in [1.29, 1.82) is 0 Å². The van der Waals surface area contributed by atoms with Gasteiger partial charge in [0.15, 0.2) is 0 Å². The van der Waals surface area contributed by atoms with E-state index in [1.807, 2.05) is 0 Å². The molecule has 108 valence electrons. The molecule has 2 heterocycles. The molecular formula is C12H18LiNO5S. The Kier molecular flexibility index (Phi) is 5.76. The van der Waals surface area contributed by atoms with Crippen molar-refractivity contribution >= 4 is 42.5 Å². The molecular weight excluding hydrogens is 277 g/mol. The number of amides is 1. The van der Waals surface area contributed by atoms with E-state index in [0.29, 0.717) is 17.1 Å². The van der Waals surface area contributed by atoms with Gasteiger partial charge in [-0.25, -0.2) is 4.79 Å². The van der Waals surface area contributed by atoms with Crippen molar-refractivity contribution in [1.82, 2.24) is 4.90 Å². The third-order valence-corrected chi connectivity index (χ3v) is 4.75. The average molecular weight is 295 g/mol. The Labute approximate surface area is 133 Å². The van der Waals surface area contributed by atoms with Crippen LogP contribution in [0.25, 0.3) is 0 Å². The van der Waals surface area contributed by atoms with E-state index in [0.717, 1.165) is 0 Å². The summed E-state index contributed by atoms with van der Waals surface area (Å²) in [6.07, 6.45) is -0.866. The number of fused-ring (bicyclic) bond motifs is 1. The molecule has 0 aromatic heterocycles. The number of thioether (sulfide) groups is 1. The Bertz CT molecular complexity index is 451. The molecule has 8 heteroatoms. The third kappa shape index (κ3) is 2.92. The predicted octanol–water partition coefficient (Wildman–Crippen LogP) is -0.640. The van der Waals surface area contributed by atoms with Gasteiger partial charge < -0.3 is 20.2 Å². The van der Waals surface area contributed by atoms with Crippen LogP contribution in [-0.4, -0.2) is 75.0 Å². The van der Waals surface area contributed by atoms with Gasteiger partial charge in [-0.05, 0) is 13.8 Å². The number of hydrogen-bond donors (Lipinski definition) is 3.